The predicted octanol–water partition coefficient (Wildman–Crippen LogP) is 5.17. The van der Waals surface area contributed by atoms with Crippen LogP contribution in [-0.4, -0.2) is 22.7 Å². The molecule has 5 heteroatoms. The van der Waals surface area contributed by atoms with Crippen LogP contribution < -0.4 is 5.32 Å². The second-order valence-electron chi connectivity index (χ2n) is 9.12. The largest absolute Gasteiger partial charge is 0.446 e. The predicted molar refractivity (Wildman–Crippen MR) is 103 cm³/mol. The lowest BCUT2D eigenvalue weighted by atomic mass is 9.92. The van der Waals surface area contributed by atoms with Gasteiger partial charge < -0.3 is 10.1 Å². The highest BCUT2D eigenvalue weighted by atomic mass is 19.1. The molecule has 2 fully saturated rings. The quantitative estimate of drug-likeness (QED) is 0.793. The van der Waals surface area contributed by atoms with Gasteiger partial charge in [-0.2, -0.15) is 0 Å². The van der Waals surface area contributed by atoms with Crippen LogP contribution in [0.2, 0.25) is 0 Å². The molecule has 2 aliphatic rings. The molecule has 1 heterocycles. The standard InChI is InChI=1S/C22H27FN2O2/c1-22(2,3)25-21(26)27-17-10-13-8-15(9-14(13)11-17)18-6-7-24-20-5-4-16(23)12-19(18)20/h4-7,12-15,17H,8-11H2,1-3H3,(H,25,26)/t13-,14+,15-,17+. The molecule has 27 heavy (non-hydrogen) atoms. The molecule has 4 atom stereocenters. The van der Waals surface area contributed by atoms with E-state index >= 15 is 0 Å². The van der Waals surface area contributed by atoms with Crippen molar-refractivity contribution in [2.45, 2.75) is 64.0 Å². The number of alkyl carbamates (subject to hydrolysis) is 1. The molecule has 4 nitrogen and oxygen atoms in total. The average Bonchev–Trinajstić information content (AvgIpc) is 3.10. The van der Waals surface area contributed by atoms with E-state index in [1.807, 2.05) is 33.0 Å². The number of rotatable bonds is 2. The van der Waals surface area contributed by atoms with E-state index in [9.17, 15) is 9.18 Å². The maximum Gasteiger partial charge on any atom is 0.407 e. The first kappa shape index (κ1) is 18.2. The van der Waals surface area contributed by atoms with Gasteiger partial charge in [-0.3, -0.25) is 4.98 Å². The minimum atomic E-state index is -0.320. The molecule has 1 amide bonds. The molecule has 1 aromatic carbocycles. The summed E-state index contributed by atoms with van der Waals surface area (Å²) < 4.78 is 19.4. The summed E-state index contributed by atoms with van der Waals surface area (Å²) in [7, 11) is 0. The van der Waals surface area contributed by atoms with Crippen LogP contribution in [0, 0.1) is 17.7 Å². The van der Waals surface area contributed by atoms with Gasteiger partial charge in [0.15, 0.2) is 0 Å². The van der Waals surface area contributed by atoms with Gasteiger partial charge in [-0.05, 0) is 94.0 Å². The molecule has 2 saturated carbocycles. The van der Waals surface area contributed by atoms with E-state index in [0.29, 0.717) is 17.8 Å². The van der Waals surface area contributed by atoms with Crippen molar-refractivity contribution >= 4 is 17.0 Å². The van der Waals surface area contributed by atoms with Crippen molar-refractivity contribution in [1.29, 1.82) is 0 Å². The van der Waals surface area contributed by atoms with Crippen LogP contribution in [0.4, 0.5) is 9.18 Å². The Bertz CT molecular complexity index is 847. The number of hydrogen-bond donors (Lipinski definition) is 1. The van der Waals surface area contributed by atoms with Crippen LogP contribution in [0.25, 0.3) is 10.9 Å². The molecule has 1 aromatic heterocycles. The highest BCUT2D eigenvalue weighted by molar-refractivity contribution is 5.82. The van der Waals surface area contributed by atoms with Gasteiger partial charge in [0, 0.05) is 17.1 Å². The first-order chi connectivity index (χ1) is 12.8. The molecule has 2 aromatic rings. The second-order valence-corrected chi connectivity index (χ2v) is 9.12. The van der Waals surface area contributed by atoms with Gasteiger partial charge in [0.05, 0.1) is 5.52 Å². The lowest BCUT2D eigenvalue weighted by molar-refractivity contribution is 0.0896. The third-order valence-corrected chi connectivity index (χ3v) is 5.90. The van der Waals surface area contributed by atoms with Crippen LogP contribution in [0.15, 0.2) is 30.5 Å². The van der Waals surface area contributed by atoms with Crippen molar-refractivity contribution in [3.8, 4) is 0 Å². The number of hydrogen-bond acceptors (Lipinski definition) is 3. The highest BCUT2D eigenvalue weighted by Crippen LogP contribution is 2.52. The third kappa shape index (κ3) is 3.92. The zero-order valence-corrected chi connectivity index (χ0v) is 16.2. The van der Waals surface area contributed by atoms with E-state index in [4.69, 9.17) is 4.74 Å². The molecule has 2 aliphatic carbocycles. The van der Waals surface area contributed by atoms with E-state index in [-0.39, 0.29) is 23.6 Å². The monoisotopic (exact) mass is 370 g/mol. The number of carbonyl (C=O) groups is 1. The topological polar surface area (TPSA) is 51.2 Å². The van der Waals surface area contributed by atoms with Crippen LogP contribution >= 0.6 is 0 Å². The van der Waals surface area contributed by atoms with Crippen molar-refractivity contribution in [3.05, 3.63) is 41.8 Å². The number of nitrogens with one attached hydrogen (secondary N) is 1. The average molecular weight is 370 g/mol. The summed E-state index contributed by atoms with van der Waals surface area (Å²) in [6.07, 6.45) is 5.51. The zero-order chi connectivity index (χ0) is 19.2. The molecule has 0 spiro atoms. The smallest absolute Gasteiger partial charge is 0.407 e. The number of halogens is 1. The van der Waals surface area contributed by atoms with E-state index in [0.717, 1.165) is 36.6 Å². The maximum atomic E-state index is 13.7. The Hall–Kier alpha value is -2.17. The first-order valence-electron chi connectivity index (χ1n) is 9.81. The molecular weight excluding hydrogens is 343 g/mol. The van der Waals surface area contributed by atoms with Gasteiger partial charge in [-0.25, -0.2) is 9.18 Å². The Labute approximate surface area is 159 Å². The Morgan fingerprint density at radius 2 is 1.85 bits per heavy atom. The molecule has 0 unspecified atom stereocenters. The minimum Gasteiger partial charge on any atom is -0.446 e. The van der Waals surface area contributed by atoms with Gasteiger partial charge in [0.25, 0.3) is 0 Å². The number of carbonyl (C=O) groups excluding carboxylic acids is 1. The molecule has 4 rings (SSSR count). The Morgan fingerprint density at radius 3 is 2.52 bits per heavy atom. The fourth-order valence-corrected chi connectivity index (χ4v) is 4.89. The van der Waals surface area contributed by atoms with Gasteiger partial charge in [0.2, 0.25) is 0 Å². The van der Waals surface area contributed by atoms with E-state index in [2.05, 4.69) is 10.3 Å². The number of aromatic nitrogens is 1. The van der Waals surface area contributed by atoms with Crippen LogP contribution in [0.3, 0.4) is 0 Å². The zero-order valence-electron chi connectivity index (χ0n) is 16.2. The minimum absolute atomic E-state index is 0.00919. The number of benzene rings is 1. The summed E-state index contributed by atoms with van der Waals surface area (Å²) in [6.45, 7) is 5.85. The third-order valence-electron chi connectivity index (χ3n) is 5.90. The van der Waals surface area contributed by atoms with E-state index in [1.165, 1.54) is 11.6 Å². The Kier molecular flexibility index (Phi) is 4.57. The molecule has 1 N–H and O–H groups in total. The van der Waals surface area contributed by atoms with Crippen molar-refractivity contribution < 1.29 is 13.9 Å². The van der Waals surface area contributed by atoms with Gasteiger partial charge in [-0.15, -0.1) is 0 Å². The summed E-state index contributed by atoms with van der Waals surface area (Å²) in [5.41, 5.74) is 1.77. The Morgan fingerprint density at radius 1 is 1.15 bits per heavy atom. The second kappa shape index (κ2) is 6.77. The SMILES string of the molecule is CC(C)(C)NC(=O)O[C@@H]1C[C@@H]2C[C@H](c3ccnc4ccc(F)cc34)C[C@@H]2C1. The van der Waals surface area contributed by atoms with Crippen LogP contribution in [0.1, 0.15) is 57.9 Å². The summed E-state index contributed by atoms with van der Waals surface area (Å²) in [5, 5.41) is 3.80. The lowest BCUT2D eigenvalue weighted by Crippen LogP contribution is -2.42. The summed E-state index contributed by atoms with van der Waals surface area (Å²) in [5.74, 6) is 1.35. The molecule has 0 saturated heterocycles. The summed E-state index contributed by atoms with van der Waals surface area (Å²) in [4.78, 5) is 16.4. The molecular formula is C22H27FN2O2. The van der Waals surface area contributed by atoms with Gasteiger partial charge >= 0.3 is 6.09 Å². The fraction of sp³-hybridized carbons (Fsp3) is 0.545. The number of nitrogens with zero attached hydrogens (tertiary/aromatic N) is 1. The lowest BCUT2D eigenvalue weighted by Gasteiger charge is -2.22. The molecule has 144 valence electrons. The number of ether oxygens (including phenoxy) is 1. The molecule has 0 radical (unpaired) electrons. The number of fused-ring (bicyclic) bond motifs is 2. The number of pyridine rings is 1. The van der Waals surface area contributed by atoms with Crippen LogP contribution in [0.5, 0.6) is 0 Å². The Balaban J connectivity index is 1.42. The number of amides is 1. The first-order valence-corrected chi connectivity index (χ1v) is 9.81. The summed E-state index contributed by atoms with van der Waals surface area (Å²) >= 11 is 0. The van der Waals surface area contributed by atoms with Crippen molar-refractivity contribution in [3.63, 3.8) is 0 Å². The van der Waals surface area contributed by atoms with Crippen molar-refractivity contribution in [1.82, 2.24) is 10.3 Å². The maximum absolute atomic E-state index is 13.7. The van der Waals surface area contributed by atoms with Gasteiger partial charge in [-0.1, -0.05) is 0 Å². The van der Waals surface area contributed by atoms with Crippen LogP contribution in [-0.2, 0) is 4.74 Å². The summed E-state index contributed by atoms with van der Waals surface area (Å²) in [6, 6.07) is 6.86. The van der Waals surface area contributed by atoms with Crippen molar-refractivity contribution in [2.75, 3.05) is 0 Å². The normalized spacial score (nSPS) is 27.6. The molecule has 0 aliphatic heterocycles. The van der Waals surface area contributed by atoms with E-state index in [1.54, 1.807) is 12.1 Å². The molecule has 0 bridgehead atoms. The van der Waals surface area contributed by atoms with Gasteiger partial charge in [0.1, 0.15) is 11.9 Å². The fourth-order valence-electron chi connectivity index (χ4n) is 4.89. The van der Waals surface area contributed by atoms with Crippen molar-refractivity contribution in [2.24, 2.45) is 11.8 Å². The van der Waals surface area contributed by atoms with E-state index < -0.39 is 0 Å². The highest BCUT2D eigenvalue weighted by Gasteiger charge is 2.43.